The Morgan fingerprint density at radius 3 is 2.63 bits per heavy atom. The standard InChI is InChI=1S/C22H25N3O3S2/c1-14-4-6-17(7-5-14)23-21(26)11-22-24-20(12-29-22)19-10-15(2)25(16(19)3)18-8-9-30(27,28)13-18/h4-7,10,12,18H,8-9,11,13H2,1-3H3,(H,23,26)/t18-/m1/s1. The number of carbonyl (C=O) groups excluding carboxylic acids is 1. The van der Waals surface area contributed by atoms with Gasteiger partial charge in [0.05, 0.1) is 23.6 Å². The first-order valence-electron chi connectivity index (χ1n) is 9.92. The first-order chi connectivity index (χ1) is 14.2. The van der Waals surface area contributed by atoms with E-state index in [1.54, 1.807) is 0 Å². The van der Waals surface area contributed by atoms with Crippen molar-refractivity contribution in [1.82, 2.24) is 9.55 Å². The predicted octanol–water partition coefficient (Wildman–Crippen LogP) is 4.08. The molecule has 0 spiro atoms. The molecule has 0 aliphatic carbocycles. The third kappa shape index (κ3) is 4.34. The lowest BCUT2D eigenvalue weighted by Gasteiger charge is -2.16. The largest absolute Gasteiger partial charge is 0.344 e. The zero-order chi connectivity index (χ0) is 21.5. The smallest absolute Gasteiger partial charge is 0.231 e. The molecular weight excluding hydrogens is 418 g/mol. The van der Waals surface area contributed by atoms with Gasteiger partial charge in [-0.2, -0.15) is 0 Å². The highest BCUT2D eigenvalue weighted by atomic mass is 32.2. The molecule has 0 bridgehead atoms. The molecule has 1 aliphatic rings. The molecule has 158 valence electrons. The number of benzene rings is 1. The van der Waals surface area contributed by atoms with Crippen LogP contribution in [0.2, 0.25) is 0 Å². The number of hydrogen-bond donors (Lipinski definition) is 1. The van der Waals surface area contributed by atoms with Gasteiger partial charge in [-0.05, 0) is 45.4 Å². The van der Waals surface area contributed by atoms with Crippen LogP contribution >= 0.6 is 11.3 Å². The predicted molar refractivity (Wildman–Crippen MR) is 121 cm³/mol. The van der Waals surface area contributed by atoms with Crippen molar-refractivity contribution in [1.29, 1.82) is 0 Å². The van der Waals surface area contributed by atoms with Crippen LogP contribution in [0.25, 0.3) is 11.3 Å². The lowest BCUT2D eigenvalue weighted by Crippen LogP contribution is -2.14. The highest BCUT2D eigenvalue weighted by Gasteiger charge is 2.31. The van der Waals surface area contributed by atoms with E-state index in [-0.39, 0.29) is 29.9 Å². The van der Waals surface area contributed by atoms with Crippen molar-refractivity contribution < 1.29 is 13.2 Å². The second-order valence-electron chi connectivity index (χ2n) is 7.93. The Hall–Kier alpha value is -2.45. The minimum atomic E-state index is -2.95. The van der Waals surface area contributed by atoms with E-state index < -0.39 is 9.84 Å². The quantitative estimate of drug-likeness (QED) is 0.644. The van der Waals surface area contributed by atoms with Crippen molar-refractivity contribution in [3.05, 3.63) is 57.7 Å². The van der Waals surface area contributed by atoms with Gasteiger partial charge in [0.2, 0.25) is 5.91 Å². The fourth-order valence-electron chi connectivity index (χ4n) is 4.07. The summed E-state index contributed by atoms with van der Waals surface area (Å²) >= 11 is 1.46. The Morgan fingerprint density at radius 2 is 1.97 bits per heavy atom. The van der Waals surface area contributed by atoms with Crippen molar-refractivity contribution in [3.63, 3.8) is 0 Å². The van der Waals surface area contributed by atoms with Gasteiger partial charge in [-0.3, -0.25) is 4.79 Å². The molecule has 4 rings (SSSR count). The van der Waals surface area contributed by atoms with Crippen LogP contribution in [0, 0.1) is 20.8 Å². The molecule has 0 radical (unpaired) electrons. The van der Waals surface area contributed by atoms with Crippen LogP contribution in [-0.4, -0.2) is 35.4 Å². The maximum atomic E-state index is 12.4. The Kier molecular flexibility index (Phi) is 5.55. The van der Waals surface area contributed by atoms with Crippen molar-refractivity contribution in [3.8, 4) is 11.3 Å². The minimum absolute atomic E-state index is 0.0119. The van der Waals surface area contributed by atoms with E-state index in [1.165, 1.54) is 11.3 Å². The molecule has 8 heteroatoms. The maximum Gasteiger partial charge on any atom is 0.231 e. The lowest BCUT2D eigenvalue weighted by atomic mass is 10.2. The molecule has 3 aromatic rings. The number of aryl methyl sites for hydroxylation is 2. The summed E-state index contributed by atoms with van der Waals surface area (Å²) in [4.78, 5) is 17.0. The van der Waals surface area contributed by atoms with Gasteiger partial charge < -0.3 is 9.88 Å². The van der Waals surface area contributed by atoms with Gasteiger partial charge >= 0.3 is 0 Å². The Bertz CT molecular complexity index is 1190. The molecule has 0 saturated carbocycles. The third-order valence-corrected chi connectivity index (χ3v) is 8.13. The third-order valence-electron chi connectivity index (χ3n) is 5.53. The lowest BCUT2D eigenvalue weighted by molar-refractivity contribution is -0.115. The molecule has 1 fully saturated rings. The van der Waals surface area contributed by atoms with E-state index in [9.17, 15) is 13.2 Å². The SMILES string of the molecule is Cc1ccc(NC(=O)Cc2nc(-c3cc(C)n([C@@H]4CCS(=O)(=O)C4)c3C)cs2)cc1. The van der Waals surface area contributed by atoms with E-state index in [0.29, 0.717) is 6.42 Å². The zero-order valence-electron chi connectivity index (χ0n) is 17.3. The Balaban J connectivity index is 1.49. The molecule has 1 aromatic carbocycles. The van der Waals surface area contributed by atoms with E-state index in [0.717, 1.165) is 38.9 Å². The Morgan fingerprint density at radius 1 is 1.23 bits per heavy atom. The molecule has 30 heavy (non-hydrogen) atoms. The second-order valence-corrected chi connectivity index (χ2v) is 11.1. The molecule has 1 amide bonds. The number of aromatic nitrogens is 2. The number of anilines is 1. The van der Waals surface area contributed by atoms with E-state index >= 15 is 0 Å². The molecule has 2 aromatic heterocycles. The monoisotopic (exact) mass is 443 g/mol. The number of carbonyl (C=O) groups is 1. The summed E-state index contributed by atoms with van der Waals surface area (Å²) in [6, 6.07) is 9.75. The minimum Gasteiger partial charge on any atom is -0.344 e. The molecule has 3 heterocycles. The van der Waals surface area contributed by atoms with Gasteiger partial charge in [-0.15, -0.1) is 11.3 Å². The number of nitrogens with one attached hydrogen (secondary N) is 1. The molecule has 6 nitrogen and oxygen atoms in total. The average molecular weight is 444 g/mol. The number of thiazole rings is 1. The molecular formula is C22H25N3O3S2. The van der Waals surface area contributed by atoms with Crippen molar-refractivity contribution in [2.24, 2.45) is 0 Å². The number of hydrogen-bond acceptors (Lipinski definition) is 5. The first kappa shape index (κ1) is 20.8. The average Bonchev–Trinajstić information content (AvgIpc) is 3.34. The van der Waals surface area contributed by atoms with Crippen LogP contribution in [-0.2, 0) is 21.1 Å². The normalized spacial score (nSPS) is 17.9. The summed E-state index contributed by atoms with van der Waals surface area (Å²) in [6.07, 6.45) is 0.873. The molecule has 1 aliphatic heterocycles. The van der Waals surface area contributed by atoms with Gasteiger partial charge in [-0.1, -0.05) is 17.7 Å². The van der Waals surface area contributed by atoms with E-state index in [4.69, 9.17) is 0 Å². The van der Waals surface area contributed by atoms with Gasteiger partial charge in [0.1, 0.15) is 5.01 Å². The van der Waals surface area contributed by atoms with Gasteiger partial charge in [0.25, 0.3) is 0 Å². The van der Waals surface area contributed by atoms with Crippen LogP contribution in [0.5, 0.6) is 0 Å². The molecule has 1 saturated heterocycles. The van der Waals surface area contributed by atoms with Crippen LogP contribution in [0.15, 0.2) is 35.7 Å². The topological polar surface area (TPSA) is 81.1 Å². The summed E-state index contributed by atoms with van der Waals surface area (Å²) < 4.78 is 25.9. The van der Waals surface area contributed by atoms with Crippen LogP contribution in [0.1, 0.15) is 34.4 Å². The van der Waals surface area contributed by atoms with Crippen molar-refractivity contribution in [2.75, 3.05) is 16.8 Å². The summed E-state index contributed by atoms with van der Waals surface area (Å²) in [7, 11) is -2.95. The second kappa shape index (κ2) is 8.00. The van der Waals surface area contributed by atoms with Crippen LogP contribution in [0.3, 0.4) is 0 Å². The number of amides is 1. The van der Waals surface area contributed by atoms with Gasteiger partial charge in [-0.25, -0.2) is 13.4 Å². The van der Waals surface area contributed by atoms with Crippen LogP contribution in [0.4, 0.5) is 5.69 Å². The first-order valence-corrected chi connectivity index (χ1v) is 12.6. The fraction of sp³-hybridized carbons (Fsp3) is 0.364. The number of nitrogens with zero attached hydrogens (tertiary/aromatic N) is 2. The van der Waals surface area contributed by atoms with Gasteiger partial charge in [0.15, 0.2) is 9.84 Å². The Labute approximate surface area is 180 Å². The number of rotatable bonds is 5. The van der Waals surface area contributed by atoms with Crippen molar-refractivity contribution in [2.45, 2.75) is 39.7 Å². The van der Waals surface area contributed by atoms with Gasteiger partial charge in [0, 0.05) is 34.1 Å². The maximum absolute atomic E-state index is 12.4. The molecule has 0 unspecified atom stereocenters. The zero-order valence-corrected chi connectivity index (χ0v) is 18.9. The number of sulfone groups is 1. The van der Waals surface area contributed by atoms with E-state index in [1.807, 2.05) is 50.4 Å². The van der Waals surface area contributed by atoms with Crippen LogP contribution < -0.4 is 5.32 Å². The summed E-state index contributed by atoms with van der Waals surface area (Å²) in [6.45, 7) is 6.02. The van der Waals surface area contributed by atoms with Crippen molar-refractivity contribution >= 4 is 32.8 Å². The highest BCUT2D eigenvalue weighted by Crippen LogP contribution is 2.34. The molecule has 1 N–H and O–H groups in total. The summed E-state index contributed by atoms with van der Waals surface area (Å²) in [5.41, 5.74) is 5.81. The van der Waals surface area contributed by atoms with E-state index in [2.05, 4.69) is 20.9 Å². The fourth-order valence-corrected chi connectivity index (χ4v) is 6.57. The summed E-state index contributed by atoms with van der Waals surface area (Å²) in [5, 5.41) is 5.62. The summed E-state index contributed by atoms with van der Waals surface area (Å²) in [5.74, 6) is 0.354. The molecule has 1 atom stereocenters. The highest BCUT2D eigenvalue weighted by molar-refractivity contribution is 7.91.